The molecule has 6 nitrogen and oxygen atoms in total. The van der Waals surface area contributed by atoms with Gasteiger partial charge in [-0.05, 0) is 109 Å². The Hall–Kier alpha value is -3.22. The SMILES string of the molecule is C=C(CO)C(=O)OCC(COC(=O)C(=C)COC)C1CCC(c2ccc(-c3ccc(C4CCC(CCCCC)CC4)cc3)c(CC)c2)CC1. The van der Waals surface area contributed by atoms with Gasteiger partial charge in [0.15, 0.2) is 0 Å². The lowest BCUT2D eigenvalue weighted by Gasteiger charge is -2.34. The maximum absolute atomic E-state index is 12.4. The number of aliphatic hydroxyl groups excluding tert-OH is 1. The summed E-state index contributed by atoms with van der Waals surface area (Å²) in [5.41, 5.74) is 7.16. The lowest BCUT2D eigenvalue weighted by Crippen LogP contribution is -2.31. The number of aliphatic hydroxyl groups is 1. The number of esters is 2. The predicted octanol–water partition coefficient (Wildman–Crippen LogP) is 9.50. The molecule has 2 fully saturated rings. The molecule has 1 atom stereocenters. The average Bonchev–Trinajstić information content (AvgIpc) is 3.14. The standard InChI is InChI=1S/C43H60O6/c1-6-8-9-10-32-11-13-34(14-12-32)35-19-21-38(22-20-35)41-24-23-39(25-33(41)7-2)36-15-17-37(18-16-36)40(28-48-42(45)30(3)26-44)29-49-43(46)31(4)27-47-5/h19-25,32,34,36-37,40,44H,3-4,6-18,26-29H2,1-2,5H3. The molecule has 0 amide bonds. The molecule has 268 valence electrons. The molecular weight excluding hydrogens is 612 g/mol. The molecule has 1 unspecified atom stereocenters. The molecule has 1 N–H and O–H groups in total. The minimum atomic E-state index is -0.626. The van der Waals surface area contributed by atoms with Gasteiger partial charge in [-0.3, -0.25) is 0 Å². The van der Waals surface area contributed by atoms with E-state index in [0.29, 0.717) is 11.8 Å². The van der Waals surface area contributed by atoms with Gasteiger partial charge < -0.3 is 19.3 Å². The van der Waals surface area contributed by atoms with Gasteiger partial charge in [0, 0.05) is 13.0 Å². The number of ether oxygens (including phenoxy) is 3. The fourth-order valence-electron chi connectivity index (χ4n) is 7.96. The van der Waals surface area contributed by atoms with Crippen LogP contribution in [0.4, 0.5) is 0 Å². The Kier molecular flexibility index (Phi) is 15.6. The van der Waals surface area contributed by atoms with Crippen molar-refractivity contribution >= 4 is 11.9 Å². The summed E-state index contributed by atoms with van der Waals surface area (Å²) in [5, 5.41) is 9.27. The highest BCUT2D eigenvalue weighted by Crippen LogP contribution is 2.41. The number of methoxy groups -OCH3 is 1. The number of hydrogen-bond donors (Lipinski definition) is 1. The van der Waals surface area contributed by atoms with E-state index in [2.05, 4.69) is 69.5 Å². The molecule has 0 saturated heterocycles. The number of hydrogen-bond acceptors (Lipinski definition) is 6. The highest BCUT2D eigenvalue weighted by Gasteiger charge is 2.31. The number of unbranched alkanes of at least 4 members (excludes halogenated alkanes) is 2. The molecule has 0 bridgehead atoms. The Bertz CT molecular complexity index is 1360. The van der Waals surface area contributed by atoms with Gasteiger partial charge in [0.1, 0.15) is 0 Å². The molecule has 0 radical (unpaired) electrons. The van der Waals surface area contributed by atoms with E-state index in [9.17, 15) is 14.7 Å². The lowest BCUT2D eigenvalue weighted by molar-refractivity contribution is -0.146. The zero-order valence-electron chi connectivity index (χ0n) is 30.4. The van der Waals surface area contributed by atoms with Gasteiger partial charge in [0.25, 0.3) is 0 Å². The van der Waals surface area contributed by atoms with E-state index in [-0.39, 0.29) is 42.8 Å². The summed E-state index contributed by atoms with van der Waals surface area (Å²) in [5.74, 6) is 1.03. The average molecular weight is 673 g/mol. The van der Waals surface area contributed by atoms with Gasteiger partial charge in [-0.1, -0.05) is 95.2 Å². The van der Waals surface area contributed by atoms with Crippen LogP contribution in [0.25, 0.3) is 11.1 Å². The molecule has 6 heteroatoms. The van der Waals surface area contributed by atoms with Crippen LogP contribution < -0.4 is 0 Å². The quantitative estimate of drug-likeness (QED) is 0.0965. The van der Waals surface area contributed by atoms with Crippen LogP contribution in [0.3, 0.4) is 0 Å². The molecule has 0 spiro atoms. The van der Waals surface area contributed by atoms with E-state index in [4.69, 9.17) is 14.2 Å². The molecule has 2 aromatic carbocycles. The highest BCUT2D eigenvalue weighted by molar-refractivity contribution is 5.88. The Morgan fingerprint density at radius 3 is 1.98 bits per heavy atom. The van der Waals surface area contributed by atoms with Crippen molar-refractivity contribution in [1.29, 1.82) is 0 Å². The summed E-state index contributed by atoms with van der Waals surface area (Å²) in [6.45, 7) is 11.7. The predicted molar refractivity (Wildman–Crippen MR) is 197 cm³/mol. The normalized spacial score (nSPS) is 21.5. The van der Waals surface area contributed by atoms with Crippen molar-refractivity contribution in [1.82, 2.24) is 0 Å². The number of carbonyl (C=O) groups excluding carboxylic acids is 2. The van der Waals surface area contributed by atoms with E-state index in [1.54, 1.807) is 0 Å². The van der Waals surface area contributed by atoms with Crippen LogP contribution in [-0.4, -0.2) is 50.6 Å². The lowest BCUT2D eigenvalue weighted by atomic mass is 9.73. The maximum atomic E-state index is 12.4. The van der Waals surface area contributed by atoms with Crippen LogP contribution in [0.2, 0.25) is 0 Å². The summed E-state index contributed by atoms with van der Waals surface area (Å²) in [6.07, 6.45) is 15.8. The van der Waals surface area contributed by atoms with Crippen molar-refractivity contribution in [2.45, 2.75) is 109 Å². The topological polar surface area (TPSA) is 82.1 Å². The second-order valence-corrected chi connectivity index (χ2v) is 14.5. The molecule has 2 aromatic rings. The molecule has 4 rings (SSSR count). The smallest absolute Gasteiger partial charge is 0.335 e. The first kappa shape index (κ1) is 38.6. The Morgan fingerprint density at radius 1 is 0.796 bits per heavy atom. The van der Waals surface area contributed by atoms with Crippen LogP contribution in [0, 0.1) is 17.8 Å². The van der Waals surface area contributed by atoms with Gasteiger partial charge in [-0.15, -0.1) is 0 Å². The van der Waals surface area contributed by atoms with Crippen LogP contribution in [-0.2, 0) is 30.2 Å². The number of carbonyl (C=O) groups is 2. The van der Waals surface area contributed by atoms with Gasteiger partial charge >= 0.3 is 11.9 Å². The van der Waals surface area contributed by atoms with Crippen molar-refractivity contribution in [3.05, 3.63) is 83.5 Å². The Morgan fingerprint density at radius 2 is 1.39 bits per heavy atom. The van der Waals surface area contributed by atoms with Crippen molar-refractivity contribution < 1.29 is 28.9 Å². The minimum absolute atomic E-state index is 0.00875. The van der Waals surface area contributed by atoms with Crippen LogP contribution in [0.1, 0.15) is 119 Å². The molecular formula is C43H60O6. The van der Waals surface area contributed by atoms with Crippen LogP contribution >= 0.6 is 0 Å². The number of rotatable bonds is 18. The highest BCUT2D eigenvalue weighted by atomic mass is 16.5. The zero-order chi connectivity index (χ0) is 35.2. The van der Waals surface area contributed by atoms with Gasteiger partial charge in [-0.25, -0.2) is 9.59 Å². The zero-order valence-corrected chi connectivity index (χ0v) is 30.4. The monoisotopic (exact) mass is 672 g/mol. The molecule has 49 heavy (non-hydrogen) atoms. The van der Waals surface area contributed by atoms with Gasteiger partial charge in [0.2, 0.25) is 0 Å². The summed E-state index contributed by atoms with van der Waals surface area (Å²) >= 11 is 0. The molecule has 2 saturated carbocycles. The third-order valence-corrected chi connectivity index (χ3v) is 11.1. The van der Waals surface area contributed by atoms with E-state index < -0.39 is 18.5 Å². The van der Waals surface area contributed by atoms with E-state index in [0.717, 1.165) is 38.0 Å². The first-order valence-corrected chi connectivity index (χ1v) is 18.8. The largest absolute Gasteiger partial charge is 0.462 e. The van der Waals surface area contributed by atoms with E-state index in [1.807, 2.05) is 0 Å². The first-order valence-electron chi connectivity index (χ1n) is 18.8. The number of benzene rings is 2. The molecule has 2 aliphatic carbocycles. The number of aryl methyl sites for hydroxylation is 1. The molecule has 2 aliphatic rings. The van der Waals surface area contributed by atoms with E-state index in [1.165, 1.54) is 86.3 Å². The fraction of sp³-hybridized carbons (Fsp3) is 0.581. The fourth-order valence-corrected chi connectivity index (χ4v) is 7.96. The molecule has 0 heterocycles. The van der Waals surface area contributed by atoms with Gasteiger partial charge in [-0.2, -0.15) is 0 Å². The van der Waals surface area contributed by atoms with Crippen molar-refractivity contribution in [3.8, 4) is 11.1 Å². The maximum Gasteiger partial charge on any atom is 0.335 e. The molecule has 0 aromatic heterocycles. The summed E-state index contributed by atoms with van der Waals surface area (Å²) in [6, 6.07) is 16.5. The summed E-state index contributed by atoms with van der Waals surface area (Å²) in [4.78, 5) is 24.7. The van der Waals surface area contributed by atoms with Gasteiger partial charge in [0.05, 0.1) is 37.6 Å². The van der Waals surface area contributed by atoms with Crippen molar-refractivity contribution in [3.63, 3.8) is 0 Å². The third kappa shape index (κ3) is 11.1. The van der Waals surface area contributed by atoms with Crippen molar-refractivity contribution in [2.75, 3.05) is 33.5 Å². The minimum Gasteiger partial charge on any atom is -0.462 e. The second-order valence-electron chi connectivity index (χ2n) is 14.5. The first-order chi connectivity index (χ1) is 23.8. The second kappa shape index (κ2) is 19.8. The van der Waals surface area contributed by atoms with Crippen LogP contribution in [0.15, 0.2) is 66.8 Å². The Labute approximate surface area is 295 Å². The summed E-state index contributed by atoms with van der Waals surface area (Å²) in [7, 11) is 1.50. The molecule has 0 aliphatic heterocycles. The summed E-state index contributed by atoms with van der Waals surface area (Å²) < 4.78 is 16.0. The van der Waals surface area contributed by atoms with E-state index >= 15 is 0 Å². The van der Waals surface area contributed by atoms with Crippen LogP contribution in [0.5, 0.6) is 0 Å². The Balaban J connectivity index is 1.35. The third-order valence-electron chi connectivity index (χ3n) is 11.1. The van der Waals surface area contributed by atoms with Crippen molar-refractivity contribution in [2.24, 2.45) is 17.8 Å².